The van der Waals surface area contributed by atoms with Gasteiger partial charge in [-0.15, -0.1) is 24.0 Å². The number of carbonyl (C=O) groups excluding carboxylic acids is 2. The van der Waals surface area contributed by atoms with Crippen molar-refractivity contribution in [1.29, 1.82) is 0 Å². The zero-order valence-corrected chi connectivity index (χ0v) is 22.3. The summed E-state index contributed by atoms with van der Waals surface area (Å²) in [6.07, 6.45) is 6.67. The molecule has 0 heterocycles. The molecule has 9 heteroatoms. The third-order valence-electron chi connectivity index (χ3n) is 4.86. The molecule has 1 fully saturated rings. The van der Waals surface area contributed by atoms with Gasteiger partial charge in [0.2, 0.25) is 5.91 Å². The number of carbonyl (C=O) groups is 2. The fourth-order valence-electron chi connectivity index (χ4n) is 3.01. The molecule has 1 aliphatic carbocycles. The van der Waals surface area contributed by atoms with Gasteiger partial charge in [-0.2, -0.15) is 0 Å². The number of rotatable bonds is 12. The number of guanidine groups is 1. The van der Waals surface area contributed by atoms with Gasteiger partial charge < -0.3 is 26.0 Å². The first kappa shape index (κ1) is 29.7. The molecular weight excluding hydrogens is 509 g/mol. The van der Waals surface area contributed by atoms with Crippen molar-refractivity contribution in [1.82, 2.24) is 21.3 Å². The predicted molar refractivity (Wildman–Crippen MR) is 137 cm³/mol. The molecule has 1 atom stereocenters. The minimum Gasteiger partial charge on any atom is -0.444 e. The number of nitrogens with zero attached hydrogens (tertiary/aromatic N) is 1. The maximum atomic E-state index is 12.0. The van der Waals surface area contributed by atoms with Gasteiger partial charge in [0.05, 0.1) is 0 Å². The average molecular weight is 554 g/mol. The second-order valence-corrected chi connectivity index (χ2v) is 8.90. The van der Waals surface area contributed by atoms with Crippen molar-refractivity contribution in [2.45, 2.75) is 91.2 Å². The molecule has 31 heavy (non-hydrogen) atoms. The highest BCUT2D eigenvalue weighted by molar-refractivity contribution is 14.0. The van der Waals surface area contributed by atoms with Crippen molar-refractivity contribution in [3.63, 3.8) is 0 Å². The van der Waals surface area contributed by atoms with E-state index in [0.717, 1.165) is 51.0 Å². The molecule has 1 saturated carbocycles. The Kier molecular flexibility index (Phi) is 15.7. The highest BCUT2D eigenvalue weighted by Gasteiger charge is 2.24. The van der Waals surface area contributed by atoms with Gasteiger partial charge in [0.25, 0.3) is 0 Å². The van der Waals surface area contributed by atoms with E-state index in [4.69, 9.17) is 4.74 Å². The summed E-state index contributed by atoms with van der Waals surface area (Å²) in [6, 6.07) is 0.0635. The van der Waals surface area contributed by atoms with Crippen LogP contribution < -0.4 is 21.3 Å². The van der Waals surface area contributed by atoms with Gasteiger partial charge in [0, 0.05) is 38.1 Å². The van der Waals surface area contributed by atoms with E-state index in [9.17, 15) is 9.59 Å². The Morgan fingerprint density at radius 1 is 1.10 bits per heavy atom. The van der Waals surface area contributed by atoms with Crippen LogP contribution in [0.4, 0.5) is 4.79 Å². The van der Waals surface area contributed by atoms with Crippen molar-refractivity contribution < 1.29 is 14.3 Å². The Bertz CT molecular complexity index is 548. The van der Waals surface area contributed by atoms with Crippen LogP contribution in [-0.4, -0.2) is 55.8 Å². The van der Waals surface area contributed by atoms with Gasteiger partial charge >= 0.3 is 6.09 Å². The van der Waals surface area contributed by atoms with Crippen molar-refractivity contribution in [2.24, 2.45) is 10.9 Å². The molecule has 8 nitrogen and oxygen atoms in total. The highest BCUT2D eigenvalue weighted by atomic mass is 127. The van der Waals surface area contributed by atoms with Gasteiger partial charge in [-0.3, -0.25) is 9.79 Å². The molecule has 0 aromatic carbocycles. The Morgan fingerprint density at radius 2 is 1.81 bits per heavy atom. The van der Waals surface area contributed by atoms with Gasteiger partial charge in [-0.25, -0.2) is 4.79 Å². The smallest absolute Gasteiger partial charge is 0.407 e. The first-order chi connectivity index (χ1) is 14.2. The molecule has 1 aliphatic rings. The fraction of sp³-hybridized carbons (Fsp3) is 0.864. The topological polar surface area (TPSA) is 104 Å². The van der Waals surface area contributed by atoms with E-state index in [1.54, 1.807) is 0 Å². The van der Waals surface area contributed by atoms with Crippen LogP contribution in [0, 0.1) is 5.92 Å². The number of alkyl carbamates (subject to hydrolysis) is 1. The van der Waals surface area contributed by atoms with Crippen LogP contribution in [0.3, 0.4) is 0 Å². The van der Waals surface area contributed by atoms with E-state index in [2.05, 4.69) is 33.2 Å². The minimum absolute atomic E-state index is 0. The summed E-state index contributed by atoms with van der Waals surface area (Å²) in [4.78, 5) is 28.5. The number of nitrogens with one attached hydrogen (secondary N) is 4. The predicted octanol–water partition coefficient (Wildman–Crippen LogP) is 3.55. The summed E-state index contributed by atoms with van der Waals surface area (Å²) >= 11 is 0. The zero-order chi connectivity index (χ0) is 22.4. The monoisotopic (exact) mass is 553 g/mol. The lowest BCUT2D eigenvalue weighted by molar-refractivity contribution is -0.127. The van der Waals surface area contributed by atoms with Crippen molar-refractivity contribution in [3.8, 4) is 0 Å². The van der Waals surface area contributed by atoms with E-state index in [1.807, 2.05) is 27.7 Å². The van der Waals surface area contributed by atoms with Crippen LogP contribution in [-0.2, 0) is 9.53 Å². The zero-order valence-electron chi connectivity index (χ0n) is 20.0. The lowest BCUT2D eigenvalue weighted by Gasteiger charge is -2.24. The molecule has 4 N–H and O–H groups in total. The van der Waals surface area contributed by atoms with E-state index < -0.39 is 11.7 Å². The summed E-state index contributed by atoms with van der Waals surface area (Å²) < 4.78 is 5.33. The Balaban J connectivity index is 0.00000900. The number of hydrogen-bond acceptors (Lipinski definition) is 4. The first-order valence-corrected chi connectivity index (χ1v) is 11.5. The fourth-order valence-corrected chi connectivity index (χ4v) is 3.01. The quantitative estimate of drug-likeness (QED) is 0.128. The SMILES string of the molecule is CCCCC(CNC(=O)OC(C)(C)C)NC(=NCCCNC(=O)C1CCC1)NCC.I. The number of unbranched alkanes of at least 4 members (excludes halogenated alkanes) is 1. The van der Waals surface area contributed by atoms with Crippen LogP contribution >= 0.6 is 24.0 Å². The van der Waals surface area contributed by atoms with Crippen molar-refractivity contribution in [2.75, 3.05) is 26.2 Å². The van der Waals surface area contributed by atoms with Crippen LogP contribution in [0.1, 0.15) is 79.6 Å². The molecule has 0 bridgehead atoms. The molecule has 1 rings (SSSR count). The Morgan fingerprint density at radius 3 is 2.35 bits per heavy atom. The standard InChI is InChI=1S/C22H43N5O3.HI/c1-6-8-13-18(16-26-21(29)30-22(3,4)5)27-20(23-7-2)25-15-10-14-24-19(28)17-11-9-12-17;/h17-18H,6-16H2,1-5H3,(H,24,28)(H,26,29)(H2,23,25,27);1H. The number of halogens is 1. The lowest BCUT2D eigenvalue weighted by atomic mass is 9.85. The second-order valence-electron chi connectivity index (χ2n) is 8.90. The third-order valence-corrected chi connectivity index (χ3v) is 4.86. The third kappa shape index (κ3) is 14.4. The molecular formula is C22H44IN5O3. The first-order valence-electron chi connectivity index (χ1n) is 11.5. The summed E-state index contributed by atoms with van der Waals surface area (Å²) in [5, 5.41) is 12.5. The highest BCUT2D eigenvalue weighted by Crippen LogP contribution is 2.26. The lowest BCUT2D eigenvalue weighted by Crippen LogP contribution is -2.49. The number of ether oxygens (including phenoxy) is 1. The molecule has 0 aromatic rings. The van der Waals surface area contributed by atoms with Gasteiger partial charge in [-0.05, 0) is 53.4 Å². The van der Waals surface area contributed by atoms with Crippen LogP contribution in [0.25, 0.3) is 0 Å². The average Bonchev–Trinajstić information content (AvgIpc) is 2.60. The molecule has 0 spiro atoms. The molecule has 0 aromatic heterocycles. The minimum atomic E-state index is -0.513. The second kappa shape index (κ2) is 16.4. The largest absolute Gasteiger partial charge is 0.444 e. The molecule has 0 radical (unpaired) electrons. The Labute approximate surface area is 205 Å². The normalized spacial score (nSPS) is 15.2. The van der Waals surface area contributed by atoms with E-state index in [-0.39, 0.29) is 41.8 Å². The molecule has 2 amide bonds. The van der Waals surface area contributed by atoms with Crippen molar-refractivity contribution in [3.05, 3.63) is 0 Å². The van der Waals surface area contributed by atoms with E-state index >= 15 is 0 Å². The van der Waals surface area contributed by atoms with Crippen LogP contribution in [0.5, 0.6) is 0 Å². The molecule has 0 saturated heterocycles. The van der Waals surface area contributed by atoms with E-state index in [1.165, 1.54) is 6.42 Å². The maximum Gasteiger partial charge on any atom is 0.407 e. The maximum absolute atomic E-state index is 12.0. The van der Waals surface area contributed by atoms with Gasteiger partial charge in [-0.1, -0.05) is 26.2 Å². The number of amides is 2. The molecule has 0 aliphatic heterocycles. The summed E-state index contributed by atoms with van der Waals surface area (Å²) in [5.74, 6) is 1.14. The number of aliphatic imine (C=N–C) groups is 1. The van der Waals surface area contributed by atoms with Crippen LogP contribution in [0.15, 0.2) is 4.99 Å². The van der Waals surface area contributed by atoms with Gasteiger partial charge in [0.1, 0.15) is 5.60 Å². The summed E-state index contributed by atoms with van der Waals surface area (Å²) in [5.41, 5.74) is -0.513. The Hall–Kier alpha value is -1.26. The van der Waals surface area contributed by atoms with E-state index in [0.29, 0.717) is 19.6 Å². The summed E-state index contributed by atoms with van der Waals surface area (Å²) in [7, 11) is 0. The van der Waals surface area contributed by atoms with Crippen molar-refractivity contribution >= 4 is 41.9 Å². The van der Waals surface area contributed by atoms with Gasteiger partial charge in [0.15, 0.2) is 5.96 Å². The van der Waals surface area contributed by atoms with Crippen LogP contribution in [0.2, 0.25) is 0 Å². The molecule has 1 unspecified atom stereocenters. The number of hydrogen-bond donors (Lipinski definition) is 4. The molecule has 182 valence electrons. The summed E-state index contributed by atoms with van der Waals surface area (Å²) in [6.45, 7) is 12.2.